The molecule has 3 aromatic rings. The van der Waals surface area contributed by atoms with Gasteiger partial charge in [0, 0.05) is 12.3 Å². The molecule has 3 rings (SSSR count). The number of aromatic nitrogens is 3. The first-order valence-electron chi connectivity index (χ1n) is 6.48. The standard InChI is InChI=1S/C14H14N4O3S.ClH/c1-15-22(19,20)9-5-6-10(12(8-9)21-2)13-17-11-4-3-7-16-14(11)18-13;/h3-8,15H,1-2H3,(H,16,17,18);1H. The molecule has 9 heteroatoms. The summed E-state index contributed by atoms with van der Waals surface area (Å²) in [5, 5.41) is 0. The third-order valence-corrected chi connectivity index (χ3v) is 4.68. The smallest absolute Gasteiger partial charge is 0.240 e. The molecule has 0 aliphatic heterocycles. The van der Waals surface area contributed by atoms with Crippen LogP contribution in [-0.4, -0.2) is 37.5 Å². The lowest BCUT2D eigenvalue weighted by Gasteiger charge is -2.09. The molecule has 122 valence electrons. The fraction of sp³-hybridized carbons (Fsp3) is 0.143. The Hall–Kier alpha value is -2.16. The number of H-pyrrole nitrogens is 1. The van der Waals surface area contributed by atoms with E-state index in [-0.39, 0.29) is 17.3 Å². The van der Waals surface area contributed by atoms with E-state index in [1.807, 2.05) is 12.1 Å². The number of aromatic amines is 1. The number of fused-ring (bicyclic) bond motifs is 1. The molecule has 0 saturated carbocycles. The summed E-state index contributed by atoms with van der Waals surface area (Å²) < 4.78 is 31.3. The SMILES string of the molecule is CNS(=O)(=O)c1ccc(-c2nc3ncccc3[nH]2)c(OC)c1.Cl. The van der Waals surface area contributed by atoms with Crippen LogP contribution in [0, 0.1) is 0 Å². The maximum absolute atomic E-state index is 11.9. The molecule has 1 aromatic carbocycles. The van der Waals surface area contributed by atoms with Crippen LogP contribution in [0.5, 0.6) is 5.75 Å². The number of benzene rings is 1. The van der Waals surface area contributed by atoms with Crippen molar-refractivity contribution in [3.05, 3.63) is 36.5 Å². The first kappa shape index (κ1) is 17.2. The normalized spacial score (nSPS) is 11.2. The van der Waals surface area contributed by atoms with Gasteiger partial charge < -0.3 is 9.72 Å². The molecular weight excluding hydrogens is 340 g/mol. The van der Waals surface area contributed by atoms with Crippen molar-refractivity contribution in [2.75, 3.05) is 14.2 Å². The minimum absolute atomic E-state index is 0. The molecule has 2 N–H and O–H groups in total. The van der Waals surface area contributed by atoms with Crippen LogP contribution in [0.25, 0.3) is 22.6 Å². The van der Waals surface area contributed by atoms with Crippen molar-refractivity contribution in [3.8, 4) is 17.1 Å². The number of halogens is 1. The Bertz CT molecular complexity index is 907. The van der Waals surface area contributed by atoms with Crippen LogP contribution in [0.15, 0.2) is 41.4 Å². The van der Waals surface area contributed by atoms with Gasteiger partial charge in [0.05, 0.1) is 23.1 Å². The third kappa shape index (κ3) is 3.14. The number of sulfonamides is 1. The number of imidazole rings is 1. The maximum atomic E-state index is 11.9. The van der Waals surface area contributed by atoms with E-state index >= 15 is 0 Å². The molecular formula is C14H15ClN4O3S. The third-order valence-electron chi connectivity index (χ3n) is 3.26. The predicted molar refractivity (Wildman–Crippen MR) is 89.4 cm³/mol. The minimum atomic E-state index is -3.53. The van der Waals surface area contributed by atoms with Gasteiger partial charge >= 0.3 is 0 Å². The van der Waals surface area contributed by atoms with Crippen molar-refractivity contribution >= 4 is 33.6 Å². The highest BCUT2D eigenvalue weighted by atomic mass is 35.5. The van der Waals surface area contributed by atoms with Gasteiger partial charge in [0.2, 0.25) is 10.0 Å². The van der Waals surface area contributed by atoms with Crippen LogP contribution in [0.4, 0.5) is 0 Å². The Kier molecular flexibility index (Phi) is 4.88. The van der Waals surface area contributed by atoms with Gasteiger partial charge in [-0.15, -0.1) is 12.4 Å². The zero-order valence-electron chi connectivity index (χ0n) is 12.4. The molecule has 0 aliphatic rings. The van der Waals surface area contributed by atoms with Crippen molar-refractivity contribution < 1.29 is 13.2 Å². The molecule has 23 heavy (non-hydrogen) atoms. The monoisotopic (exact) mass is 354 g/mol. The van der Waals surface area contributed by atoms with Crippen LogP contribution < -0.4 is 9.46 Å². The van der Waals surface area contributed by atoms with E-state index in [1.165, 1.54) is 26.3 Å². The molecule has 7 nitrogen and oxygen atoms in total. The summed E-state index contributed by atoms with van der Waals surface area (Å²) in [5.41, 5.74) is 2.05. The number of pyridine rings is 1. The molecule has 2 aromatic heterocycles. The molecule has 0 radical (unpaired) electrons. The highest BCUT2D eigenvalue weighted by molar-refractivity contribution is 7.89. The average Bonchev–Trinajstić information content (AvgIpc) is 2.98. The van der Waals surface area contributed by atoms with Crippen molar-refractivity contribution in [1.29, 1.82) is 0 Å². The van der Waals surface area contributed by atoms with E-state index in [2.05, 4.69) is 19.7 Å². The fourth-order valence-electron chi connectivity index (χ4n) is 2.12. The topological polar surface area (TPSA) is 97.0 Å². The Morgan fingerprint density at radius 2 is 2.04 bits per heavy atom. The van der Waals surface area contributed by atoms with Gasteiger partial charge in [-0.1, -0.05) is 0 Å². The Morgan fingerprint density at radius 3 is 2.70 bits per heavy atom. The fourth-order valence-corrected chi connectivity index (χ4v) is 2.87. The second kappa shape index (κ2) is 6.53. The number of nitrogens with one attached hydrogen (secondary N) is 2. The van der Waals surface area contributed by atoms with Crippen LogP contribution in [0.1, 0.15) is 0 Å². The molecule has 0 amide bonds. The molecule has 0 atom stereocenters. The highest BCUT2D eigenvalue weighted by Crippen LogP contribution is 2.31. The summed E-state index contributed by atoms with van der Waals surface area (Å²) in [5.74, 6) is 0.981. The van der Waals surface area contributed by atoms with E-state index in [1.54, 1.807) is 12.3 Å². The number of nitrogens with zero attached hydrogens (tertiary/aromatic N) is 2. The van der Waals surface area contributed by atoms with Crippen LogP contribution in [-0.2, 0) is 10.0 Å². The highest BCUT2D eigenvalue weighted by Gasteiger charge is 2.17. The van der Waals surface area contributed by atoms with Crippen LogP contribution in [0.3, 0.4) is 0 Å². The average molecular weight is 355 g/mol. The lowest BCUT2D eigenvalue weighted by atomic mass is 10.2. The van der Waals surface area contributed by atoms with Gasteiger partial charge in [0.15, 0.2) is 5.65 Å². The molecule has 0 fully saturated rings. The quantitative estimate of drug-likeness (QED) is 0.746. The summed E-state index contributed by atoms with van der Waals surface area (Å²) >= 11 is 0. The Labute approximate surface area is 139 Å². The summed E-state index contributed by atoms with van der Waals surface area (Å²) in [6.45, 7) is 0. The molecule has 2 heterocycles. The van der Waals surface area contributed by atoms with Gasteiger partial charge in [-0.25, -0.2) is 23.1 Å². The van der Waals surface area contributed by atoms with E-state index in [0.29, 0.717) is 22.8 Å². The molecule has 0 bridgehead atoms. The van der Waals surface area contributed by atoms with Crippen molar-refractivity contribution in [1.82, 2.24) is 19.7 Å². The van der Waals surface area contributed by atoms with Crippen molar-refractivity contribution in [3.63, 3.8) is 0 Å². The van der Waals surface area contributed by atoms with Gasteiger partial charge in [0.25, 0.3) is 0 Å². The Morgan fingerprint density at radius 1 is 1.26 bits per heavy atom. The molecule has 0 spiro atoms. The maximum Gasteiger partial charge on any atom is 0.240 e. The van der Waals surface area contributed by atoms with Gasteiger partial charge in [0.1, 0.15) is 11.6 Å². The summed E-state index contributed by atoms with van der Waals surface area (Å²) in [4.78, 5) is 11.8. The van der Waals surface area contributed by atoms with E-state index in [9.17, 15) is 8.42 Å². The second-order valence-electron chi connectivity index (χ2n) is 4.53. The number of ether oxygens (including phenoxy) is 1. The summed E-state index contributed by atoms with van der Waals surface area (Å²) in [7, 11) is -0.684. The lowest BCUT2D eigenvalue weighted by Crippen LogP contribution is -2.18. The predicted octanol–water partition coefficient (Wildman–Crippen LogP) is 1.96. The van der Waals surface area contributed by atoms with Gasteiger partial charge in [-0.3, -0.25) is 0 Å². The van der Waals surface area contributed by atoms with Crippen molar-refractivity contribution in [2.45, 2.75) is 4.90 Å². The van der Waals surface area contributed by atoms with E-state index in [4.69, 9.17) is 4.74 Å². The number of hydrogen-bond acceptors (Lipinski definition) is 5. The number of methoxy groups -OCH3 is 1. The molecule has 0 aliphatic carbocycles. The second-order valence-corrected chi connectivity index (χ2v) is 6.42. The molecule has 0 saturated heterocycles. The molecule has 0 unspecified atom stereocenters. The lowest BCUT2D eigenvalue weighted by molar-refractivity contribution is 0.415. The minimum Gasteiger partial charge on any atom is -0.496 e. The van der Waals surface area contributed by atoms with Gasteiger partial charge in [-0.05, 0) is 31.3 Å². The zero-order valence-corrected chi connectivity index (χ0v) is 14.0. The summed E-state index contributed by atoms with van der Waals surface area (Å²) in [6.07, 6.45) is 1.66. The van der Waals surface area contributed by atoms with Crippen LogP contribution in [0.2, 0.25) is 0 Å². The zero-order chi connectivity index (χ0) is 15.7. The number of hydrogen-bond donors (Lipinski definition) is 2. The number of rotatable bonds is 4. The Balaban J connectivity index is 0.00000192. The first-order chi connectivity index (χ1) is 10.5. The van der Waals surface area contributed by atoms with Gasteiger partial charge in [-0.2, -0.15) is 0 Å². The van der Waals surface area contributed by atoms with E-state index in [0.717, 1.165) is 5.52 Å². The summed E-state index contributed by atoms with van der Waals surface area (Å²) in [6, 6.07) is 8.29. The largest absolute Gasteiger partial charge is 0.496 e. The van der Waals surface area contributed by atoms with Crippen molar-refractivity contribution in [2.24, 2.45) is 0 Å². The van der Waals surface area contributed by atoms with Crippen LogP contribution >= 0.6 is 12.4 Å². The van der Waals surface area contributed by atoms with E-state index < -0.39 is 10.0 Å². The first-order valence-corrected chi connectivity index (χ1v) is 7.96.